The Morgan fingerprint density at radius 3 is 2.42 bits per heavy atom. The molecule has 128 valence electrons. The summed E-state index contributed by atoms with van der Waals surface area (Å²) >= 11 is 12.1. The van der Waals surface area contributed by atoms with Crippen LogP contribution in [-0.2, 0) is 6.54 Å². The summed E-state index contributed by atoms with van der Waals surface area (Å²) in [6, 6.07) is 22.2. The molecule has 0 aliphatic carbocycles. The molecule has 26 heavy (non-hydrogen) atoms. The minimum Gasteiger partial charge on any atom is -0.316 e. The third kappa shape index (κ3) is 3.24. The van der Waals surface area contributed by atoms with Crippen LogP contribution >= 0.6 is 23.2 Å². The van der Waals surface area contributed by atoms with Crippen molar-refractivity contribution in [2.75, 3.05) is 0 Å². The van der Waals surface area contributed by atoms with Crippen LogP contribution < -0.4 is 0 Å². The Bertz CT molecular complexity index is 1100. The third-order valence-electron chi connectivity index (χ3n) is 4.21. The first-order valence-electron chi connectivity index (χ1n) is 8.12. The van der Waals surface area contributed by atoms with Crippen molar-refractivity contribution in [2.24, 2.45) is 0 Å². The topological polar surface area (TPSA) is 34.9 Å². The number of ketones is 1. The maximum absolute atomic E-state index is 12.8. The van der Waals surface area contributed by atoms with E-state index in [2.05, 4.69) is 0 Å². The lowest BCUT2D eigenvalue weighted by molar-refractivity contribution is 0.0974. The second-order valence-corrected chi connectivity index (χ2v) is 6.82. The largest absolute Gasteiger partial charge is 0.316 e. The summed E-state index contributed by atoms with van der Waals surface area (Å²) in [5.41, 5.74) is 3.23. The summed E-state index contributed by atoms with van der Waals surface area (Å²) in [6.07, 6.45) is 0. The van der Waals surface area contributed by atoms with Crippen LogP contribution in [0, 0.1) is 0 Å². The Kier molecular flexibility index (Phi) is 4.49. The normalized spacial score (nSPS) is 11.0. The maximum atomic E-state index is 12.8. The van der Waals surface area contributed by atoms with Gasteiger partial charge in [0, 0.05) is 21.2 Å². The Morgan fingerprint density at radius 2 is 1.65 bits per heavy atom. The molecule has 0 N–H and O–H groups in total. The smallest absolute Gasteiger partial charge is 0.182 e. The highest BCUT2D eigenvalue weighted by atomic mass is 35.5. The minimum absolute atomic E-state index is 0.00639. The quantitative estimate of drug-likeness (QED) is 0.413. The number of carbonyl (C=O) groups is 1. The van der Waals surface area contributed by atoms with Crippen LogP contribution in [0.3, 0.4) is 0 Å². The van der Waals surface area contributed by atoms with Gasteiger partial charge in [-0.25, -0.2) is 4.98 Å². The van der Waals surface area contributed by atoms with Crippen molar-refractivity contribution in [1.82, 2.24) is 9.55 Å². The molecular formula is C21H14Cl2N2O. The van der Waals surface area contributed by atoms with E-state index in [4.69, 9.17) is 28.2 Å². The van der Waals surface area contributed by atoms with Crippen molar-refractivity contribution >= 4 is 40.0 Å². The Labute approximate surface area is 160 Å². The molecule has 0 bridgehead atoms. The number of rotatable bonds is 4. The zero-order valence-corrected chi connectivity index (χ0v) is 15.2. The molecule has 3 nitrogen and oxygen atoms in total. The maximum Gasteiger partial charge on any atom is 0.182 e. The van der Waals surface area contributed by atoms with Crippen LogP contribution in [0.4, 0.5) is 0 Å². The first kappa shape index (κ1) is 16.8. The number of fused-ring (bicyclic) bond motifs is 1. The van der Waals surface area contributed by atoms with Crippen LogP contribution in [0.1, 0.15) is 10.4 Å². The van der Waals surface area contributed by atoms with Crippen LogP contribution in [0.25, 0.3) is 22.4 Å². The standard InChI is InChI=1S/C21H14Cl2N2O/c22-16-10-8-14(9-11-16)20(26)13-25-19-7-2-1-6-18(19)24-21(25)15-4-3-5-17(23)12-15/h1-12H,13H2. The summed E-state index contributed by atoms with van der Waals surface area (Å²) in [5.74, 6) is 0.712. The van der Waals surface area contributed by atoms with Crippen molar-refractivity contribution in [2.45, 2.75) is 6.54 Å². The fraction of sp³-hybridized carbons (Fsp3) is 0.0476. The molecule has 0 atom stereocenters. The van der Waals surface area contributed by atoms with Gasteiger partial charge in [0.2, 0.25) is 0 Å². The SMILES string of the molecule is O=C(Cn1c(-c2cccc(Cl)c2)nc2ccccc21)c1ccc(Cl)cc1. The van der Waals surface area contributed by atoms with E-state index in [1.54, 1.807) is 24.3 Å². The van der Waals surface area contributed by atoms with Crippen LogP contribution in [0.2, 0.25) is 10.0 Å². The summed E-state index contributed by atoms with van der Waals surface area (Å²) in [5, 5.41) is 1.24. The molecule has 0 spiro atoms. The first-order valence-corrected chi connectivity index (χ1v) is 8.87. The zero-order valence-electron chi connectivity index (χ0n) is 13.7. The summed E-state index contributed by atoms with van der Waals surface area (Å²) in [7, 11) is 0. The molecule has 0 saturated heterocycles. The molecule has 0 fully saturated rings. The second-order valence-electron chi connectivity index (χ2n) is 5.95. The van der Waals surface area contributed by atoms with Gasteiger partial charge in [0.15, 0.2) is 5.78 Å². The van der Waals surface area contributed by atoms with E-state index in [9.17, 15) is 4.79 Å². The average molecular weight is 381 g/mol. The van der Waals surface area contributed by atoms with Crippen molar-refractivity contribution in [3.05, 3.63) is 88.4 Å². The van der Waals surface area contributed by atoms with Crippen LogP contribution in [0.5, 0.6) is 0 Å². The molecule has 0 saturated carbocycles. The molecule has 5 heteroatoms. The highest BCUT2D eigenvalue weighted by Gasteiger charge is 2.16. The van der Waals surface area contributed by atoms with Gasteiger partial charge in [-0.05, 0) is 48.5 Å². The molecule has 0 aliphatic heterocycles. The highest BCUT2D eigenvalue weighted by molar-refractivity contribution is 6.31. The summed E-state index contributed by atoms with van der Waals surface area (Å²) in [4.78, 5) is 17.5. The number of aromatic nitrogens is 2. The third-order valence-corrected chi connectivity index (χ3v) is 4.69. The van der Waals surface area contributed by atoms with E-state index in [0.717, 1.165) is 22.4 Å². The van der Waals surface area contributed by atoms with Crippen molar-refractivity contribution < 1.29 is 4.79 Å². The zero-order chi connectivity index (χ0) is 18.1. The molecule has 0 amide bonds. The van der Waals surface area contributed by atoms with Gasteiger partial charge >= 0.3 is 0 Å². The first-order chi connectivity index (χ1) is 12.6. The number of hydrogen-bond donors (Lipinski definition) is 0. The predicted molar refractivity (Wildman–Crippen MR) is 106 cm³/mol. The van der Waals surface area contributed by atoms with E-state index in [0.29, 0.717) is 15.6 Å². The lowest BCUT2D eigenvalue weighted by Crippen LogP contribution is -2.11. The molecule has 3 aromatic carbocycles. The molecule has 4 rings (SSSR count). The second kappa shape index (κ2) is 6.94. The lowest BCUT2D eigenvalue weighted by Gasteiger charge is -2.09. The molecule has 0 unspecified atom stereocenters. The van der Waals surface area contributed by atoms with Gasteiger partial charge in [-0.2, -0.15) is 0 Å². The van der Waals surface area contributed by atoms with Gasteiger partial charge in [0.25, 0.3) is 0 Å². The van der Waals surface area contributed by atoms with Crippen molar-refractivity contribution in [3.8, 4) is 11.4 Å². The van der Waals surface area contributed by atoms with E-state index in [-0.39, 0.29) is 12.3 Å². The molecule has 1 heterocycles. The molecule has 4 aromatic rings. The highest BCUT2D eigenvalue weighted by Crippen LogP contribution is 2.27. The number of hydrogen-bond acceptors (Lipinski definition) is 2. The van der Waals surface area contributed by atoms with E-state index >= 15 is 0 Å². The fourth-order valence-electron chi connectivity index (χ4n) is 2.95. The van der Waals surface area contributed by atoms with Crippen LogP contribution in [-0.4, -0.2) is 15.3 Å². The van der Waals surface area contributed by atoms with Gasteiger partial charge in [-0.15, -0.1) is 0 Å². The summed E-state index contributed by atoms with van der Waals surface area (Å²) in [6.45, 7) is 0.185. The van der Waals surface area contributed by atoms with Gasteiger partial charge in [-0.3, -0.25) is 4.79 Å². The predicted octanol–water partition coefficient (Wildman–Crippen LogP) is 5.89. The fourth-order valence-corrected chi connectivity index (χ4v) is 3.27. The van der Waals surface area contributed by atoms with Crippen molar-refractivity contribution in [3.63, 3.8) is 0 Å². The average Bonchev–Trinajstić information content (AvgIpc) is 3.01. The van der Waals surface area contributed by atoms with Gasteiger partial charge in [0.1, 0.15) is 5.82 Å². The Hall–Kier alpha value is -2.62. The Balaban J connectivity index is 1.81. The lowest BCUT2D eigenvalue weighted by atomic mass is 10.1. The van der Waals surface area contributed by atoms with Gasteiger partial charge < -0.3 is 4.57 Å². The van der Waals surface area contributed by atoms with Gasteiger partial charge in [-0.1, -0.05) is 47.5 Å². The molecule has 0 radical (unpaired) electrons. The number of nitrogens with zero attached hydrogens (tertiary/aromatic N) is 2. The van der Waals surface area contributed by atoms with Crippen LogP contribution in [0.15, 0.2) is 72.8 Å². The number of carbonyl (C=O) groups excluding carboxylic acids is 1. The summed E-state index contributed by atoms with van der Waals surface area (Å²) < 4.78 is 1.93. The number of Topliss-reactive ketones (excluding diaryl/α,β-unsaturated/α-hetero) is 1. The number of benzene rings is 3. The number of para-hydroxylation sites is 2. The van der Waals surface area contributed by atoms with E-state index in [1.165, 1.54) is 0 Å². The molecule has 1 aromatic heterocycles. The van der Waals surface area contributed by atoms with Gasteiger partial charge in [0.05, 0.1) is 17.6 Å². The van der Waals surface area contributed by atoms with E-state index < -0.39 is 0 Å². The molecular weight excluding hydrogens is 367 g/mol. The molecule has 0 aliphatic rings. The van der Waals surface area contributed by atoms with Crippen molar-refractivity contribution in [1.29, 1.82) is 0 Å². The minimum atomic E-state index is -0.00639. The van der Waals surface area contributed by atoms with E-state index in [1.807, 2.05) is 53.1 Å². The number of imidazole rings is 1. The Morgan fingerprint density at radius 1 is 0.885 bits per heavy atom. The monoisotopic (exact) mass is 380 g/mol. The number of halogens is 2.